The average Bonchev–Trinajstić information content (AvgIpc) is 2.28. The van der Waals surface area contributed by atoms with Gasteiger partial charge in [0.25, 0.3) is 0 Å². The van der Waals surface area contributed by atoms with E-state index < -0.39 is 11.4 Å². The maximum Gasteiger partial charge on any atom is 0.242 e. The summed E-state index contributed by atoms with van der Waals surface area (Å²) in [4.78, 5) is 11.3. The van der Waals surface area contributed by atoms with E-state index in [0.717, 1.165) is 5.75 Å². The molecule has 1 rings (SSSR count). The molecule has 1 aromatic carbocycles. The molecule has 0 aromatic heterocycles. The Morgan fingerprint density at radius 2 is 1.93 bits per heavy atom. The van der Waals surface area contributed by atoms with Crippen molar-refractivity contribution in [1.29, 1.82) is 0 Å². The molecule has 0 radical (unpaired) electrons. The first-order chi connectivity index (χ1) is 7.04. The Morgan fingerprint density at radius 1 is 1.40 bits per heavy atom. The van der Waals surface area contributed by atoms with Crippen molar-refractivity contribution in [3.05, 3.63) is 29.8 Å². The number of methoxy groups -OCH3 is 1. The first kappa shape index (κ1) is 11.5. The Labute approximate surface area is 89.2 Å². The smallest absolute Gasteiger partial charge is 0.242 e. The number of nitrogens with two attached hydrogens (primary N) is 2. The van der Waals surface area contributed by atoms with Gasteiger partial charge in [-0.05, 0) is 24.1 Å². The van der Waals surface area contributed by atoms with Gasteiger partial charge in [0.2, 0.25) is 5.91 Å². The lowest BCUT2D eigenvalue weighted by Crippen LogP contribution is -2.48. The van der Waals surface area contributed by atoms with Gasteiger partial charge in [-0.25, -0.2) is 0 Å². The van der Waals surface area contributed by atoms with Gasteiger partial charge < -0.3 is 16.2 Å². The lowest BCUT2D eigenvalue weighted by molar-refractivity contribution is -0.123. The molecule has 15 heavy (non-hydrogen) atoms. The van der Waals surface area contributed by atoms with E-state index >= 15 is 0 Å². The largest absolute Gasteiger partial charge is 0.497 e. The van der Waals surface area contributed by atoms with E-state index in [-0.39, 0.29) is 0 Å². The lowest BCUT2D eigenvalue weighted by atomic mass is 9.88. The monoisotopic (exact) mass is 208 g/mol. The Hall–Kier alpha value is -1.55. The van der Waals surface area contributed by atoms with E-state index in [1.807, 2.05) is 6.92 Å². The zero-order chi connectivity index (χ0) is 11.5. The van der Waals surface area contributed by atoms with Gasteiger partial charge >= 0.3 is 0 Å². The molecule has 4 N–H and O–H groups in total. The summed E-state index contributed by atoms with van der Waals surface area (Å²) in [7, 11) is 1.58. The number of carbonyl (C=O) groups is 1. The van der Waals surface area contributed by atoms with Crippen LogP contribution in [-0.4, -0.2) is 13.0 Å². The third-order valence-corrected chi connectivity index (χ3v) is 2.60. The topological polar surface area (TPSA) is 78.3 Å². The van der Waals surface area contributed by atoms with Crippen LogP contribution in [0.5, 0.6) is 5.75 Å². The fourth-order valence-corrected chi connectivity index (χ4v) is 1.41. The summed E-state index contributed by atoms with van der Waals surface area (Å²) in [5.41, 5.74) is 10.8. The normalized spacial score (nSPS) is 14.3. The maximum atomic E-state index is 11.3. The highest BCUT2D eigenvalue weighted by Crippen LogP contribution is 2.23. The minimum Gasteiger partial charge on any atom is -0.497 e. The number of amides is 1. The van der Waals surface area contributed by atoms with Crippen LogP contribution in [0, 0.1) is 0 Å². The van der Waals surface area contributed by atoms with Crippen LogP contribution in [0.1, 0.15) is 18.9 Å². The van der Waals surface area contributed by atoms with Crippen LogP contribution >= 0.6 is 0 Å². The van der Waals surface area contributed by atoms with Crippen molar-refractivity contribution in [3.8, 4) is 5.75 Å². The van der Waals surface area contributed by atoms with Crippen LogP contribution in [0.3, 0.4) is 0 Å². The predicted octanol–water partition coefficient (Wildman–Crippen LogP) is 0.744. The third-order valence-electron chi connectivity index (χ3n) is 2.60. The van der Waals surface area contributed by atoms with Gasteiger partial charge in [-0.15, -0.1) is 0 Å². The van der Waals surface area contributed by atoms with Gasteiger partial charge in [0.15, 0.2) is 0 Å². The van der Waals surface area contributed by atoms with E-state index in [1.165, 1.54) is 0 Å². The van der Waals surface area contributed by atoms with E-state index in [4.69, 9.17) is 16.2 Å². The number of hydrogen-bond acceptors (Lipinski definition) is 3. The molecule has 1 unspecified atom stereocenters. The minimum atomic E-state index is -1.09. The summed E-state index contributed by atoms with van der Waals surface area (Å²) in [6.07, 6.45) is 0.467. The molecular weight excluding hydrogens is 192 g/mol. The van der Waals surface area contributed by atoms with E-state index in [9.17, 15) is 4.79 Å². The van der Waals surface area contributed by atoms with Crippen LogP contribution in [0.4, 0.5) is 0 Å². The Bertz CT molecular complexity index is 348. The highest BCUT2D eigenvalue weighted by Gasteiger charge is 2.31. The SMILES string of the molecule is CCC(N)(C(N)=O)c1ccc(OC)cc1. The molecule has 1 amide bonds. The summed E-state index contributed by atoms with van der Waals surface area (Å²) in [6, 6.07) is 7.03. The summed E-state index contributed by atoms with van der Waals surface area (Å²) < 4.78 is 5.02. The molecule has 0 aliphatic rings. The molecule has 4 heteroatoms. The van der Waals surface area contributed by atoms with E-state index in [1.54, 1.807) is 31.4 Å². The number of ether oxygens (including phenoxy) is 1. The molecular formula is C11H16N2O2. The summed E-state index contributed by atoms with van der Waals surface area (Å²) in [5, 5.41) is 0. The molecule has 0 saturated carbocycles. The van der Waals surface area contributed by atoms with Crippen molar-refractivity contribution in [2.75, 3.05) is 7.11 Å². The predicted molar refractivity (Wildman–Crippen MR) is 58.3 cm³/mol. The van der Waals surface area contributed by atoms with Crippen molar-refractivity contribution >= 4 is 5.91 Å². The van der Waals surface area contributed by atoms with Crippen LogP contribution < -0.4 is 16.2 Å². The van der Waals surface area contributed by atoms with Gasteiger partial charge in [0.05, 0.1) is 7.11 Å². The highest BCUT2D eigenvalue weighted by molar-refractivity contribution is 5.85. The maximum absolute atomic E-state index is 11.3. The lowest BCUT2D eigenvalue weighted by Gasteiger charge is -2.24. The third kappa shape index (κ3) is 2.10. The second kappa shape index (κ2) is 4.31. The minimum absolute atomic E-state index is 0.467. The van der Waals surface area contributed by atoms with Crippen LogP contribution in [-0.2, 0) is 10.3 Å². The molecule has 0 fully saturated rings. The van der Waals surface area contributed by atoms with Crippen molar-refractivity contribution < 1.29 is 9.53 Å². The molecule has 0 aliphatic carbocycles. The van der Waals surface area contributed by atoms with Crippen LogP contribution in [0.15, 0.2) is 24.3 Å². The first-order valence-corrected chi connectivity index (χ1v) is 4.78. The van der Waals surface area contributed by atoms with Crippen molar-refractivity contribution in [2.45, 2.75) is 18.9 Å². The second-order valence-corrected chi connectivity index (χ2v) is 3.42. The zero-order valence-corrected chi connectivity index (χ0v) is 8.99. The zero-order valence-electron chi connectivity index (χ0n) is 8.99. The fourth-order valence-electron chi connectivity index (χ4n) is 1.41. The quantitative estimate of drug-likeness (QED) is 0.766. The van der Waals surface area contributed by atoms with Gasteiger partial charge in [0.1, 0.15) is 11.3 Å². The summed E-state index contributed by atoms with van der Waals surface area (Å²) in [5.74, 6) is 0.205. The van der Waals surface area contributed by atoms with Crippen molar-refractivity contribution in [1.82, 2.24) is 0 Å². The molecule has 82 valence electrons. The van der Waals surface area contributed by atoms with Crippen LogP contribution in [0.25, 0.3) is 0 Å². The number of hydrogen-bond donors (Lipinski definition) is 2. The summed E-state index contributed by atoms with van der Waals surface area (Å²) >= 11 is 0. The second-order valence-electron chi connectivity index (χ2n) is 3.42. The first-order valence-electron chi connectivity index (χ1n) is 4.78. The molecule has 0 heterocycles. The highest BCUT2D eigenvalue weighted by atomic mass is 16.5. The number of rotatable bonds is 4. The molecule has 1 aromatic rings. The van der Waals surface area contributed by atoms with Gasteiger partial charge in [-0.3, -0.25) is 4.79 Å². The molecule has 0 bridgehead atoms. The van der Waals surface area contributed by atoms with Crippen molar-refractivity contribution in [2.24, 2.45) is 11.5 Å². The number of carbonyl (C=O) groups excluding carboxylic acids is 1. The van der Waals surface area contributed by atoms with Gasteiger partial charge in [-0.1, -0.05) is 19.1 Å². The van der Waals surface area contributed by atoms with E-state index in [0.29, 0.717) is 12.0 Å². The molecule has 0 spiro atoms. The number of primary amides is 1. The Balaban J connectivity index is 3.08. The number of benzene rings is 1. The van der Waals surface area contributed by atoms with Gasteiger partial charge in [0, 0.05) is 0 Å². The van der Waals surface area contributed by atoms with E-state index in [2.05, 4.69) is 0 Å². The van der Waals surface area contributed by atoms with Crippen LogP contribution in [0.2, 0.25) is 0 Å². The Kier molecular flexibility index (Phi) is 3.31. The fraction of sp³-hybridized carbons (Fsp3) is 0.364. The molecule has 4 nitrogen and oxygen atoms in total. The van der Waals surface area contributed by atoms with Gasteiger partial charge in [-0.2, -0.15) is 0 Å². The molecule has 1 atom stereocenters. The summed E-state index contributed by atoms with van der Waals surface area (Å²) in [6.45, 7) is 1.83. The average molecular weight is 208 g/mol. The molecule has 0 saturated heterocycles. The Morgan fingerprint density at radius 3 is 2.27 bits per heavy atom. The molecule has 0 aliphatic heterocycles. The standard InChI is InChI=1S/C11H16N2O2/c1-3-11(13,10(12)14)8-4-6-9(15-2)7-5-8/h4-7H,3,13H2,1-2H3,(H2,12,14). The van der Waals surface area contributed by atoms with Crippen molar-refractivity contribution in [3.63, 3.8) is 0 Å².